The van der Waals surface area contributed by atoms with E-state index in [0.717, 1.165) is 57.8 Å². The maximum atomic E-state index is 13.6. The predicted octanol–water partition coefficient (Wildman–Crippen LogP) is 9.37. The van der Waals surface area contributed by atoms with Gasteiger partial charge in [0, 0.05) is 45.6 Å². The molecule has 0 spiro atoms. The Morgan fingerprint density at radius 2 is 1.29 bits per heavy atom. The number of carbonyl (C=O) groups excluding carboxylic acids is 5. The van der Waals surface area contributed by atoms with Gasteiger partial charge in [-0.15, -0.1) is 0 Å². The van der Waals surface area contributed by atoms with Gasteiger partial charge in [-0.1, -0.05) is 78.7 Å². The van der Waals surface area contributed by atoms with Crippen molar-refractivity contribution in [3.63, 3.8) is 0 Å². The SMILES string of the molecule is C=C/C=C(\C(=C)OCCCC)C(=O)NCCCCN(CCCNC(=O)c1cccc(OCCCC)c1OCCCC)C(=O)CCC(=O)NCCCCCN(OCCCC)C(=O)OC(C)(C)C. The summed E-state index contributed by atoms with van der Waals surface area (Å²) in [6, 6.07) is 5.32. The molecule has 0 saturated heterocycles. The number of nitrogens with zero attached hydrogens (tertiary/aromatic N) is 2. The molecular weight excluding hydrogens is 843 g/mol. The van der Waals surface area contributed by atoms with Crippen molar-refractivity contribution in [2.24, 2.45) is 0 Å². The third kappa shape index (κ3) is 26.8. The van der Waals surface area contributed by atoms with Crippen molar-refractivity contribution < 1.29 is 47.8 Å². The molecule has 1 aromatic carbocycles. The molecule has 0 saturated carbocycles. The second kappa shape index (κ2) is 36.1. The normalized spacial score (nSPS) is 11.3. The zero-order valence-electron chi connectivity index (χ0n) is 41.7. The van der Waals surface area contributed by atoms with Crippen molar-refractivity contribution in [1.29, 1.82) is 0 Å². The quantitative estimate of drug-likeness (QED) is 0.0191. The minimum Gasteiger partial charge on any atom is -0.493 e. The number of hydrogen-bond acceptors (Lipinski definition) is 10. The lowest BCUT2D eigenvalue weighted by atomic mass is 10.1. The van der Waals surface area contributed by atoms with Crippen LogP contribution in [0.15, 0.2) is 54.8 Å². The topological polar surface area (TPSA) is 174 Å². The molecule has 374 valence electrons. The van der Waals surface area contributed by atoms with Gasteiger partial charge in [-0.05, 0) is 103 Å². The predicted molar refractivity (Wildman–Crippen MR) is 261 cm³/mol. The number of allylic oxidation sites excluding steroid dienone is 2. The average molecular weight is 928 g/mol. The highest BCUT2D eigenvalue weighted by molar-refractivity contribution is 5.98. The Hall–Kier alpha value is -5.05. The van der Waals surface area contributed by atoms with E-state index in [2.05, 4.69) is 56.8 Å². The van der Waals surface area contributed by atoms with E-state index in [1.807, 2.05) is 26.8 Å². The first-order chi connectivity index (χ1) is 31.7. The fourth-order valence-electron chi connectivity index (χ4n) is 6.18. The number of para-hydroxylation sites is 1. The summed E-state index contributed by atoms with van der Waals surface area (Å²) in [7, 11) is 0. The lowest BCUT2D eigenvalue weighted by Crippen LogP contribution is -2.37. The number of nitrogens with one attached hydrogen (secondary N) is 3. The van der Waals surface area contributed by atoms with E-state index in [1.165, 1.54) is 11.1 Å². The van der Waals surface area contributed by atoms with Gasteiger partial charge >= 0.3 is 6.09 Å². The fraction of sp³-hybridized carbons (Fsp3) is 0.667. The van der Waals surface area contributed by atoms with Crippen molar-refractivity contribution in [3.05, 3.63) is 60.4 Å². The summed E-state index contributed by atoms with van der Waals surface area (Å²) in [5, 5.41) is 10.1. The molecule has 0 bridgehead atoms. The van der Waals surface area contributed by atoms with Crippen LogP contribution in [0, 0.1) is 0 Å². The summed E-state index contributed by atoms with van der Waals surface area (Å²) in [6.07, 6.45) is 13.6. The number of carbonyl (C=O) groups is 5. The van der Waals surface area contributed by atoms with Crippen molar-refractivity contribution in [2.45, 2.75) is 157 Å². The molecular formula is C51H85N5O10. The van der Waals surface area contributed by atoms with E-state index < -0.39 is 11.7 Å². The van der Waals surface area contributed by atoms with Crippen LogP contribution in [0.1, 0.15) is 162 Å². The van der Waals surface area contributed by atoms with Crippen LogP contribution in [-0.2, 0) is 28.7 Å². The minimum atomic E-state index is -0.637. The maximum Gasteiger partial charge on any atom is 0.434 e. The lowest BCUT2D eigenvalue weighted by molar-refractivity contribution is -0.148. The molecule has 66 heavy (non-hydrogen) atoms. The summed E-state index contributed by atoms with van der Waals surface area (Å²) in [4.78, 5) is 72.9. The summed E-state index contributed by atoms with van der Waals surface area (Å²) in [6.45, 7) is 25.4. The smallest absolute Gasteiger partial charge is 0.434 e. The molecule has 15 nitrogen and oxygen atoms in total. The van der Waals surface area contributed by atoms with E-state index in [-0.39, 0.29) is 42.2 Å². The molecule has 0 heterocycles. The van der Waals surface area contributed by atoms with Gasteiger partial charge in [0.15, 0.2) is 11.5 Å². The Labute approximate surface area is 396 Å². The van der Waals surface area contributed by atoms with Crippen LogP contribution in [0.3, 0.4) is 0 Å². The first kappa shape index (κ1) is 59.0. The van der Waals surface area contributed by atoms with Crippen LogP contribution in [0.2, 0.25) is 0 Å². The highest BCUT2D eigenvalue weighted by Crippen LogP contribution is 2.32. The van der Waals surface area contributed by atoms with Crippen LogP contribution in [0.25, 0.3) is 0 Å². The molecule has 5 amide bonds. The number of ether oxygens (including phenoxy) is 4. The molecule has 1 rings (SSSR count). The molecule has 0 aliphatic carbocycles. The molecule has 0 aliphatic heterocycles. The van der Waals surface area contributed by atoms with Gasteiger partial charge in [-0.3, -0.25) is 24.0 Å². The van der Waals surface area contributed by atoms with Crippen LogP contribution >= 0.6 is 0 Å². The molecule has 0 unspecified atom stereocenters. The second-order valence-electron chi connectivity index (χ2n) is 17.1. The van der Waals surface area contributed by atoms with Crippen molar-refractivity contribution >= 4 is 29.7 Å². The molecule has 0 radical (unpaired) electrons. The van der Waals surface area contributed by atoms with Gasteiger partial charge in [-0.25, -0.2) is 4.79 Å². The molecule has 1 aromatic rings. The average Bonchev–Trinajstić information content (AvgIpc) is 3.28. The highest BCUT2D eigenvalue weighted by atomic mass is 16.7. The van der Waals surface area contributed by atoms with Gasteiger partial charge in [0.2, 0.25) is 11.8 Å². The van der Waals surface area contributed by atoms with Gasteiger partial charge in [0.25, 0.3) is 11.8 Å². The van der Waals surface area contributed by atoms with Gasteiger partial charge < -0.3 is 39.8 Å². The zero-order chi connectivity index (χ0) is 49.0. The molecule has 15 heteroatoms. The van der Waals surface area contributed by atoms with Crippen LogP contribution < -0.4 is 25.4 Å². The molecule has 0 atom stereocenters. The van der Waals surface area contributed by atoms with E-state index in [4.69, 9.17) is 23.8 Å². The monoisotopic (exact) mass is 928 g/mol. The van der Waals surface area contributed by atoms with E-state index in [1.54, 1.807) is 23.1 Å². The Balaban J connectivity index is 2.86. The fourth-order valence-corrected chi connectivity index (χ4v) is 6.18. The Bertz CT molecular complexity index is 1630. The Morgan fingerprint density at radius 1 is 0.682 bits per heavy atom. The first-order valence-electron chi connectivity index (χ1n) is 24.5. The Kier molecular flexibility index (Phi) is 32.3. The molecule has 3 N–H and O–H groups in total. The second-order valence-corrected chi connectivity index (χ2v) is 17.1. The minimum absolute atomic E-state index is 0.0218. The number of unbranched alkanes of at least 4 members (excludes halogenated alkanes) is 7. The van der Waals surface area contributed by atoms with Crippen molar-refractivity contribution in [3.8, 4) is 11.5 Å². The van der Waals surface area contributed by atoms with E-state index in [9.17, 15) is 24.0 Å². The number of hydroxylamine groups is 2. The maximum absolute atomic E-state index is 13.6. The zero-order valence-corrected chi connectivity index (χ0v) is 41.7. The number of hydrogen-bond donors (Lipinski definition) is 3. The molecule has 0 fully saturated rings. The molecule has 0 aliphatic rings. The summed E-state index contributed by atoms with van der Waals surface area (Å²) >= 11 is 0. The summed E-state index contributed by atoms with van der Waals surface area (Å²) in [5.41, 5.74) is 0.0654. The largest absolute Gasteiger partial charge is 0.493 e. The summed E-state index contributed by atoms with van der Waals surface area (Å²) < 4.78 is 23.2. The molecule has 0 aromatic heterocycles. The van der Waals surface area contributed by atoms with Crippen LogP contribution in [0.5, 0.6) is 11.5 Å². The van der Waals surface area contributed by atoms with Gasteiger partial charge in [0.1, 0.15) is 11.4 Å². The van der Waals surface area contributed by atoms with E-state index in [0.29, 0.717) is 120 Å². The third-order valence-electron chi connectivity index (χ3n) is 9.98. The number of rotatable bonds is 38. The Morgan fingerprint density at radius 3 is 1.97 bits per heavy atom. The highest BCUT2D eigenvalue weighted by Gasteiger charge is 2.23. The number of amides is 5. The van der Waals surface area contributed by atoms with Crippen LogP contribution in [-0.4, -0.2) is 111 Å². The van der Waals surface area contributed by atoms with Crippen molar-refractivity contribution in [2.75, 3.05) is 65.7 Å². The third-order valence-corrected chi connectivity index (χ3v) is 9.98. The number of benzene rings is 1. The van der Waals surface area contributed by atoms with Crippen molar-refractivity contribution in [1.82, 2.24) is 25.9 Å². The van der Waals surface area contributed by atoms with Crippen LogP contribution in [0.4, 0.5) is 4.79 Å². The van der Waals surface area contributed by atoms with E-state index >= 15 is 0 Å². The standard InChI is InChI=1S/C51H85N5O10/c1-10-15-37-62-41(6)42(26-14-5)48(59)53-32-21-23-34-55(35-25-33-54-49(60)43-27-24-28-44(63-38-16-11-2)47(43)64-39-17-12-3)46(58)30-29-45(57)52-31-20-19-22-36-56(65-40-18-13-4)50(61)66-51(7,8)9/h14,24,26-28H,5-6,10-13,15-23,25,29-40H2,1-4,7-9H3,(H,52,57)(H,53,59)(H,54,60)/b42-26+. The lowest BCUT2D eigenvalue weighted by Gasteiger charge is -2.26. The van der Waals surface area contributed by atoms with Gasteiger partial charge in [-0.2, -0.15) is 5.06 Å². The van der Waals surface area contributed by atoms with Gasteiger partial charge in [0.05, 0.1) is 44.1 Å². The first-order valence-corrected chi connectivity index (χ1v) is 24.5. The summed E-state index contributed by atoms with van der Waals surface area (Å²) in [5.74, 6) is 0.247.